The van der Waals surface area contributed by atoms with Crippen molar-refractivity contribution in [2.75, 3.05) is 26.3 Å². The van der Waals surface area contributed by atoms with Crippen LogP contribution in [-0.2, 0) is 19.1 Å². The van der Waals surface area contributed by atoms with Gasteiger partial charge < -0.3 is 25.8 Å². The first kappa shape index (κ1) is 14.7. The average molecular weight is 285 g/mol. The Hall–Kier alpha value is -1.67. The Morgan fingerprint density at radius 3 is 2.85 bits per heavy atom. The highest BCUT2D eigenvalue weighted by Crippen LogP contribution is 2.31. The second-order valence-electron chi connectivity index (χ2n) is 5.44. The van der Waals surface area contributed by atoms with E-state index in [0.29, 0.717) is 6.54 Å². The molecular formula is C12H19N3O5. The summed E-state index contributed by atoms with van der Waals surface area (Å²) < 4.78 is 5.24. The Labute approximate surface area is 116 Å². The van der Waals surface area contributed by atoms with Crippen molar-refractivity contribution in [2.45, 2.75) is 25.4 Å². The van der Waals surface area contributed by atoms with Gasteiger partial charge in [0.05, 0.1) is 25.0 Å². The van der Waals surface area contributed by atoms with Crippen LogP contribution in [0, 0.1) is 5.41 Å². The van der Waals surface area contributed by atoms with Gasteiger partial charge in [0, 0.05) is 19.1 Å². The monoisotopic (exact) mass is 285 g/mol. The first-order valence-electron chi connectivity index (χ1n) is 6.50. The molecular weight excluding hydrogens is 266 g/mol. The molecule has 2 amide bonds. The highest BCUT2D eigenvalue weighted by atomic mass is 16.5. The lowest BCUT2D eigenvalue weighted by molar-refractivity contribution is -0.154. The fourth-order valence-electron chi connectivity index (χ4n) is 2.56. The molecule has 3 unspecified atom stereocenters. The number of nitrogens with two attached hydrogens (primary N) is 1. The van der Waals surface area contributed by atoms with Gasteiger partial charge in [0.15, 0.2) is 0 Å². The molecule has 0 aromatic carbocycles. The number of ether oxygens (including phenoxy) is 1. The minimum absolute atomic E-state index is 0.185. The third-order valence-electron chi connectivity index (χ3n) is 3.97. The van der Waals surface area contributed by atoms with E-state index >= 15 is 0 Å². The Kier molecular flexibility index (Phi) is 3.96. The van der Waals surface area contributed by atoms with Crippen molar-refractivity contribution in [3.63, 3.8) is 0 Å². The molecule has 2 rings (SSSR count). The molecule has 0 aromatic heterocycles. The summed E-state index contributed by atoms with van der Waals surface area (Å²) in [4.78, 5) is 36.7. The van der Waals surface area contributed by atoms with Crippen molar-refractivity contribution < 1.29 is 24.2 Å². The largest absolute Gasteiger partial charge is 0.481 e. The normalized spacial score (nSPS) is 33.9. The Morgan fingerprint density at radius 2 is 2.30 bits per heavy atom. The second kappa shape index (κ2) is 5.37. The molecule has 3 atom stereocenters. The van der Waals surface area contributed by atoms with Crippen LogP contribution >= 0.6 is 0 Å². The van der Waals surface area contributed by atoms with Gasteiger partial charge in [-0.25, -0.2) is 0 Å². The lowest BCUT2D eigenvalue weighted by Gasteiger charge is -2.39. The molecule has 2 heterocycles. The van der Waals surface area contributed by atoms with E-state index < -0.39 is 35.8 Å². The van der Waals surface area contributed by atoms with E-state index in [-0.39, 0.29) is 25.7 Å². The summed E-state index contributed by atoms with van der Waals surface area (Å²) in [5, 5.41) is 11.5. The van der Waals surface area contributed by atoms with Crippen molar-refractivity contribution in [3.05, 3.63) is 0 Å². The number of hydrogen-bond donors (Lipinski definition) is 3. The minimum atomic E-state index is -1.12. The van der Waals surface area contributed by atoms with Crippen LogP contribution in [0.3, 0.4) is 0 Å². The highest BCUT2D eigenvalue weighted by molar-refractivity contribution is 5.93. The fourth-order valence-corrected chi connectivity index (χ4v) is 2.56. The third kappa shape index (κ3) is 2.48. The van der Waals surface area contributed by atoms with Crippen molar-refractivity contribution in [1.82, 2.24) is 10.2 Å². The van der Waals surface area contributed by atoms with E-state index in [0.717, 1.165) is 0 Å². The van der Waals surface area contributed by atoms with Gasteiger partial charge in [0.2, 0.25) is 11.8 Å². The molecule has 2 saturated heterocycles. The topological polar surface area (TPSA) is 122 Å². The molecule has 20 heavy (non-hydrogen) atoms. The molecule has 0 spiro atoms. The van der Waals surface area contributed by atoms with Gasteiger partial charge >= 0.3 is 5.97 Å². The zero-order valence-electron chi connectivity index (χ0n) is 11.3. The molecule has 2 aliphatic heterocycles. The van der Waals surface area contributed by atoms with Crippen LogP contribution in [0.15, 0.2) is 0 Å². The molecule has 0 radical (unpaired) electrons. The van der Waals surface area contributed by atoms with E-state index in [4.69, 9.17) is 15.6 Å². The summed E-state index contributed by atoms with van der Waals surface area (Å²) in [6, 6.07) is -1.44. The van der Waals surface area contributed by atoms with Crippen LogP contribution in [0.2, 0.25) is 0 Å². The van der Waals surface area contributed by atoms with Gasteiger partial charge in [-0.05, 0) is 6.92 Å². The number of carboxylic acids is 1. The molecule has 0 saturated carbocycles. The van der Waals surface area contributed by atoms with Crippen molar-refractivity contribution in [1.29, 1.82) is 0 Å². The van der Waals surface area contributed by atoms with Crippen LogP contribution in [0.4, 0.5) is 0 Å². The SMILES string of the molecule is CC1(C(=O)N2CCNC(=O)C2CC(=O)O)COCC1N. The molecule has 2 aliphatic rings. The summed E-state index contributed by atoms with van der Waals surface area (Å²) in [5.74, 6) is -1.88. The number of hydrogen-bond acceptors (Lipinski definition) is 5. The number of amides is 2. The number of piperazine rings is 1. The van der Waals surface area contributed by atoms with Crippen LogP contribution in [0.1, 0.15) is 13.3 Å². The van der Waals surface area contributed by atoms with Crippen LogP contribution in [0.5, 0.6) is 0 Å². The predicted octanol–water partition coefficient (Wildman–Crippen LogP) is -1.85. The number of nitrogens with one attached hydrogen (secondary N) is 1. The van der Waals surface area contributed by atoms with E-state index in [1.165, 1.54) is 4.90 Å². The van der Waals surface area contributed by atoms with Gasteiger partial charge in [-0.1, -0.05) is 0 Å². The maximum atomic E-state index is 12.7. The molecule has 0 aromatic rings. The highest BCUT2D eigenvalue weighted by Gasteiger charge is 2.49. The first-order chi connectivity index (χ1) is 9.36. The summed E-state index contributed by atoms with van der Waals surface area (Å²) in [6.07, 6.45) is -0.413. The molecule has 2 fully saturated rings. The van der Waals surface area contributed by atoms with E-state index in [2.05, 4.69) is 5.32 Å². The zero-order chi connectivity index (χ0) is 14.9. The summed E-state index contributed by atoms with van der Waals surface area (Å²) in [7, 11) is 0. The predicted molar refractivity (Wildman–Crippen MR) is 67.7 cm³/mol. The quantitative estimate of drug-likeness (QED) is 0.559. The van der Waals surface area contributed by atoms with Gasteiger partial charge in [0.25, 0.3) is 0 Å². The Morgan fingerprint density at radius 1 is 1.60 bits per heavy atom. The Balaban J connectivity index is 2.21. The van der Waals surface area contributed by atoms with Crippen molar-refractivity contribution in [2.24, 2.45) is 11.1 Å². The number of carbonyl (C=O) groups is 3. The van der Waals surface area contributed by atoms with E-state index in [9.17, 15) is 14.4 Å². The smallest absolute Gasteiger partial charge is 0.305 e. The van der Waals surface area contributed by atoms with Gasteiger partial charge in [-0.2, -0.15) is 0 Å². The number of carbonyl (C=O) groups excluding carboxylic acids is 2. The van der Waals surface area contributed by atoms with Gasteiger partial charge in [0.1, 0.15) is 6.04 Å². The third-order valence-corrected chi connectivity index (χ3v) is 3.97. The molecule has 4 N–H and O–H groups in total. The van der Waals surface area contributed by atoms with E-state index in [1.807, 2.05) is 0 Å². The molecule has 0 aliphatic carbocycles. The molecule has 0 bridgehead atoms. The zero-order valence-corrected chi connectivity index (χ0v) is 11.3. The van der Waals surface area contributed by atoms with Crippen molar-refractivity contribution >= 4 is 17.8 Å². The molecule has 8 heteroatoms. The van der Waals surface area contributed by atoms with Crippen LogP contribution in [-0.4, -0.2) is 66.2 Å². The molecule has 112 valence electrons. The number of aliphatic carboxylic acids is 1. The summed E-state index contributed by atoms with van der Waals surface area (Å²) >= 11 is 0. The first-order valence-corrected chi connectivity index (χ1v) is 6.50. The maximum absolute atomic E-state index is 12.7. The lowest BCUT2D eigenvalue weighted by atomic mass is 9.83. The standard InChI is InChI=1S/C12H19N3O5/c1-12(6-20-5-8(12)13)11(19)15-3-2-14-10(18)7(15)4-9(16)17/h7-8H,2-6,13H2,1H3,(H,14,18)(H,16,17). The van der Waals surface area contributed by atoms with Crippen molar-refractivity contribution in [3.8, 4) is 0 Å². The van der Waals surface area contributed by atoms with Crippen LogP contribution < -0.4 is 11.1 Å². The summed E-state index contributed by atoms with van der Waals surface area (Å²) in [5.41, 5.74) is 5.00. The average Bonchev–Trinajstić information content (AvgIpc) is 2.72. The Bertz CT molecular complexity index is 441. The van der Waals surface area contributed by atoms with E-state index in [1.54, 1.807) is 6.92 Å². The fraction of sp³-hybridized carbons (Fsp3) is 0.750. The molecule has 8 nitrogen and oxygen atoms in total. The van der Waals surface area contributed by atoms with Crippen LogP contribution in [0.25, 0.3) is 0 Å². The van der Waals surface area contributed by atoms with Gasteiger partial charge in [-0.3, -0.25) is 14.4 Å². The summed E-state index contributed by atoms with van der Waals surface area (Å²) in [6.45, 7) is 2.76. The second-order valence-corrected chi connectivity index (χ2v) is 5.44. The lowest BCUT2D eigenvalue weighted by Crippen LogP contribution is -2.62. The van der Waals surface area contributed by atoms with Gasteiger partial charge in [-0.15, -0.1) is 0 Å². The maximum Gasteiger partial charge on any atom is 0.305 e. The minimum Gasteiger partial charge on any atom is -0.481 e. The number of nitrogens with zero attached hydrogens (tertiary/aromatic N) is 1. The number of carboxylic acid groups (broad SMARTS) is 1. The number of rotatable bonds is 3.